The van der Waals surface area contributed by atoms with Crippen molar-refractivity contribution < 1.29 is 4.79 Å². The Morgan fingerprint density at radius 3 is 2.65 bits per heavy atom. The summed E-state index contributed by atoms with van der Waals surface area (Å²) in [6.45, 7) is 2.08. The molecule has 0 bridgehead atoms. The second kappa shape index (κ2) is 6.83. The predicted molar refractivity (Wildman–Crippen MR) is 88.9 cm³/mol. The molecule has 0 spiro atoms. The zero-order chi connectivity index (χ0) is 16.1. The predicted octanol–water partition coefficient (Wildman–Crippen LogP) is 2.36. The Labute approximate surface area is 133 Å². The molecule has 6 heteroatoms. The van der Waals surface area contributed by atoms with E-state index in [0.717, 1.165) is 28.7 Å². The zero-order valence-corrected chi connectivity index (χ0v) is 12.8. The third-order valence-corrected chi connectivity index (χ3v) is 3.47. The molecule has 0 unspecified atom stereocenters. The van der Waals surface area contributed by atoms with Gasteiger partial charge in [0.2, 0.25) is 0 Å². The van der Waals surface area contributed by atoms with Crippen LogP contribution in [0, 0.1) is 0 Å². The number of hydrogen-bond acceptors (Lipinski definition) is 4. The summed E-state index contributed by atoms with van der Waals surface area (Å²) >= 11 is 0. The van der Waals surface area contributed by atoms with Gasteiger partial charge in [-0.05, 0) is 24.1 Å². The van der Waals surface area contributed by atoms with Gasteiger partial charge in [-0.15, -0.1) is 5.10 Å². The summed E-state index contributed by atoms with van der Waals surface area (Å²) in [5, 5.41) is 12.3. The van der Waals surface area contributed by atoms with Crippen LogP contribution < -0.4 is 5.43 Å². The van der Waals surface area contributed by atoms with Crippen LogP contribution in [0.4, 0.5) is 0 Å². The van der Waals surface area contributed by atoms with Crippen molar-refractivity contribution in [3.05, 3.63) is 60.2 Å². The van der Waals surface area contributed by atoms with Crippen LogP contribution >= 0.6 is 0 Å². The number of amides is 1. The van der Waals surface area contributed by atoms with Gasteiger partial charge < -0.3 is 0 Å². The zero-order valence-electron chi connectivity index (χ0n) is 12.8. The minimum atomic E-state index is -0.234. The molecule has 0 saturated carbocycles. The van der Waals surface area contributed by atoms with E-state index in [-0.39, 0.29) is 12.5 Å². The molecule has 1 amide bonds. The number of aromatic nitrogens is 3. The maximum atomic E-state index is 12.1. The molecule has 3 aromatic rings. The summed E-state index contributed by atoms with van der Waals surface area (Å²) in [7, 11) is 0. The lowest BCUT2D eigenvalue weighted by Gasteiger charge is -2.05. The van der Waals surface area contributed by atoms with E-state index < -0.39 is 0 Å². The first kappa shape index (κ1) is 14.9. The molecule has 23 heavy (non-hydrogen) atoms. The van der Waals surface area contributed by atoms with Gasteiger partial charge in [-0.3, -0.25) is 4.79 Å². The molecule has 0 atom stereocenters. The van der Waals surface area contributed by atoms with E-state index >= 15 is 0 Å². The van der Waals surface area contributed by atoms with Gasteiger partial charge in [-0.25, -0.2) is 10.1 Å². The third kappa shape index (κ3) is 3.42. The van der Waals surface area contributed by atoms with Crippen LogP contribution in [0.2, 0.25) is 0 Å². The summed E-state index contributed by atoms with van der Waals surface area (Å²) in [6.07, 6.45) is 0.733. The molecule has 1 N–H and O–H groups in total. The van der Waals surface area contributed by atoms with Gasteiger partial charge >= 0.3 is 0 Å². The highest BCUT2D eigenvalue weighted by atomic mass is 16.2. The van der Waals surface area contributed by atoms with Crippen molar-refractivity contribution in [2.45, 2.75) is 19.9 Å². The SMILES string of the molecule is CCC(=NNC(=O)Cn1nnc2ccccc21)c1ccccc1. The first-order chi connectivity index (χ1) is 11.3. The topological polar surface area (TPSA) is 72.2 Å². The molecule has 0 saturated heterocycles. The molecule has 0 aliphatic heterocycles. The lowest BCUT2D eigenvalue weighted by atomic mass is 10.1. The van der Waals surface area contributed by atoms with Gasteiger partial charge in [0, 0.05) is 0 Å². The van der Waals surface area contributed by atoms with Gasteiger partial charge in [0.25, 0.3) is 5.91 Å². The summed E-state index contributed by atoms with van der Waals surface area (Å²) < 4.78 is 1.56. The molecule has 1 heterocycles. The number of rotatable bonds is 5. The lowest BCUT2D eigenvalue weighted by molar-refractivity contribution is -0.121. The number of carbonyl (C=O) groups excluding carboxylic acids is 1. The third-order valence-electron chi connectivity index (χ3n) is 3.47. The number of hydrogen-bond donors (Lipinski definition) is 1. The number of nitrogens with one attached hydrogen (secondary N) is 1. The van der Waals surface area contributed by atoms with E-state index in [4.69, 9.17) is 0 Å². The van der Waals surface area contributed by atoms with E-state index in [0.29, 0.717) is 0 Å². The van der Waals surface area contributed by atoms with Crippen LogP contribution in [-0.2, 0) is 11.3 Å². The number of fused-ring (bicyclic) bond motifs is 1. The second-order valence-corrected chi connectivity index (χ2v) is 5.05. The van der Waals surface area contributed by atoms with Crippen molar-refractivity contribution in [2.75, 3.05) is 0 Å². The van der Waals surface area contributed by atoms with Crippen molar-refractivity contribution in [2.24, 2.45) is 5.10 Å². The molecule has 0 aliphatic carbocycles. The smallest absolute Gasteiger partial charge is 0.261 e. The van der Waals surface area contributed by atoms with E-state index in [1.165, 1.54) is 0 Å². The fourth-order valence-corrected chi connectivity index (χ4v) is 2.31. The molecule has 0 radical (unpaired) electrons. The molecule has 1 aromatic heterocycles. The highest BCUT2D eigenvalue weighted by Gasteiger charge is 2.08. The molecule has 0 fully saturated rings. The van der Waals surface area contributed by atoms with Crippen molar-refractivity contribution in [1.82, 2.24) is 20.4 Å². The van der Waals surface area contributed by atoms with Crippen LogP contribution in [0.15, 0.2) is 59.7 Å². The second-order valence-electron chi connectivity index (χ2n) is 5.05. The summed E-state index contributed by atoms with van der Waals surface area (Å²) in [6, 6.07) is 17.3. The summed E-state index contributed by atoms with van der Waals surface area (Å²) in [5.41, 5.74) is 6.02. The Balaban J connectivity index is 1.70. The average Bonchev–Trinajstić information content (AvgIpc) is 2.99. The van der Waals surface area contributed by atoms with E-state index in [9.17, 15) is 4.79 Å². The number of para-hydroxylation sites is 1. The fraction of sp³-hybridized carbons (Fsp3) is 0.176. The number of hydrazone groups is 1. The van der Waals surface area contributed by atoms with Gasteiger partial charge in [-0.2, -0.15) is 5.10 Å². The molecule has 0 aliphatic rings. The standard InChI is InChI=1S/C17H17N5O/c1-2-14(13-8-4-3-5-9-13)18-20-17(23)12-22-16-11-7-6-10-15(16)19-21-22/h3-11H,2,12H2,1H3,(H,20,23). The Morgan fingerprint density at radius 2 is 1.87 bits per heavy atom. The number of carbonyl (C=O) groups is 1. The monoisotopic (exact) mass is 307 g/mol. The Morgan fingerprint density at radius 1 is 1.13 bits per heavy atom. The van der Waals surface area contributed by atoms with Crippen LogP contribution in [0.5, 0.6) is 0 Å². The molecular formula is C17H17N5O. The minimum Gasteiger partial charge on any atom is -0.271 e. The lowest BCUT2D eigenvalue weighted by Crippen LogP contribution is -2.25. The van der Waals surface area contributed by atoms with Gasteiger partial charge in [-0.1, -0.05) is 54.6 Å². The Bertz CT molecular complexity index is 838. The maximum Gasteiger partial charge on any atom is 0.261 e. The fourth-order valence-electron chi connectivity index (χ4n) is 2.31. The average molecular weight is 307 g/mol. The first-order valence-electron chi connectivity index (χ1n) is 7.47. The molecule has 2 aromatic carbocycles. The van der Waals surface area contributed by atoms with Crippen molar-refractivity contribution in [3.8, 4) is 0 Å². The molecule has 116 valence electrons. The van der Waals surface area contributed by atoms with E-state index in [1.807, 2.05) is 61.5 Å². The largest absolute Gasteiger partial charge is 0.271 e. The van der Waals surface area contributed by atoms with E-state index in [2.05, 4.69) is 20.8 Å². The van der Waals surface area contributed by atoms with Gasteiger partial charge in [0.15, 0.2) is 0 Å². The minimum absolute atomic E-state index is 0.0792. The molecule has 3 rings (SSSR count). The number of nitrogens with zero attached hydrogens (tertiary/aromatic N) is 4. The number of benzene rings is 2. The van der Waals surface area contributed by atoms with Gasteiger partial charge in [0.1, 0.15) is 12.1 Å². The Hall–Kier alpha value is -3.02. The van der Waals surface area contributed by atoms with Crippen molar-refractivity contribution in [1.29, 1.82) is 0 Å². The highest BCUT2D eigenvalue weighted by molar-refractivity contribution is 6.00. The molecule has 6 nitrogen and oxygen atoms in total. The summed E-state index contributed by atoms with van der Waals surface area (Å²) in [5.74, 6) is -0.234. The van der Waals surface area contributed by atoms with Crippen LogP contribution in [0.3, 0.4) is 0 Å². The van der Waals surface area contributed by atoms with Crippen LogP contribution in [-0.4, -0.2) is 26.6 Å². The Kier molecular flexibility index (Phi) is 4.42. The van der Waals surface area contributed by atoms with Crippen LogP contribution in [0.1, 0.15) is 18.9 Å². The summed E-state index contributed by atoms with van der Waals surface area (Å²) in [4.78, 5) is 12.1. The van der Waals surface area contributed by atoms with Gasteiger partial charge in [0.05, 0.1) is 11.2 Å². The normalized spacial score (nSPS) is 11.6. The maximum absolute atomic E-state index is 12.1. The van der Waals surface area contributed by atoms with Crippen molar-refractivity contribution in [3.63, 3.8) is 0 Å². The first-order valence-corrected chi connectivity index (χ1v) is 7.47. The molecular weight excluding hydrogens is 290 g/mol. The highest BCUT2D eigenvalue weighted by Crippen LogP contribution is 2.09. The quantitative estimate of drug-likeness (QED) is 0.581. The van der Waals surface area contributed by atoms with Crippen molar-refractivity contribution >= 4 is 22.7 Å². The van der Waals surface area contributed by atoms with Crippen LogP contribution in [0.25, 0.3) is 11.0 Å². The van der Waals surface area contributed by atoms with E-state index in [1.54, 1.807) is 4.68 Å².